The van der Waals surface area contributed by atoms with E-state index >= 15 is 0 Å². The van der Waals surface area contributed by atoms with Crippen LogP contribution in [0, 0.1) is 0 Å². The van der Waals surface area contributed by atoms with E-state index in [2.05, 4.69) is 15.6 Å². The maximum atomic E-state index is 13.7. The number of hydrogen-bond acceptors (Lipinski definition) is 10. The second-order valence-corrected chi connectivity index (χ2v) is 10.5. The van der Waals surface area contributed by atoms with Crippen LogP contribution in [-0.2, 0) is 9.53 Å². The highest BCUT2D eigenvalue weighted by Gasteiger charge is 2.36. The molecule has 0 spiro atoms. The van der Waals surface area contributed by atoms with Gasteiger partial charge in [0.15, 0.2) is 29.0 Å². The van der Waals surface area contributed by atoms with E-state index in [9.17, 15) is 39.9 Å². The number of benzene rings is 3. The van der Waals surface area contributed by atoms with Crippen molar-refractivity contribution in [1.29, 1.82) is 0 Å². The lowest BCUT2D eigenvalue weighted by Gasteiger charge is -2.26. The van der Waals surface area contributed by atoms with Crippen LogP contribution in [-0.4, -0.2) is 92.4 Å². The Morgan fingerprint density at radius 3 is 1.87 bits per heavy atom. The molecular weight excluding hydrogens is 584 g/mol. The number of ether oxygens (including phenoxy) is 1. The zero-order valence-corrected chi connectivity index (χ0v) is 24.6. The van der Waals surface area contributed by atoms with Crippen molar-refractivity contribution in [2.24, 2.45) is 4.99 Å². The monoisotopic (exact) mass is 620 g/mol. The molecule has 2 atom stereocenters. The Morgan fingerprint density at radius 2 is 1.27 bits per heavy atom. The zero-order valence-electron chi connectivity index (χ0n) is 24.6. The summed E-state index contributed by atoms with van der Waals surface area (Å²) in [5, 5.41) is 54.8. The van der Waals surface area contributed by atoms with Crippen LogP contribution in [0.4, 0.5) is 0 Å². The van der Waals surface area contributed by atoms with Crippen molar-refractivity contribution in [3.8, 4) is 28.7 Å². The van der Waals surface area contributed by atoms with Gasteiger partial charge in [0, 0.05) is 26.2 Å². The molecule has 0 fully saturated rings. The second kappa shape index (κ2) is 14.8. The minimum Gasteiger partial charge on any atom is -0.507 e. The Hall–Kier alpha value is -5.46. The third-order valence-electron chi connectivity index (χ3n) is 7.25. The average Bonchev–Trinajstić information content (AvgIpc) is 3.41. The Bertz CT molecular complexity index is 1580. The first-order valence-electron chi connectivity index (χ1n) is 14.5. The Labute approximate surface area is 259 Å². The number of phenolic OH excluding ortho intramolecular Hbond substituents is 5. The second-order valence-electron chi connectivity index (χ2n) is 10.5. The normalized spacial score (nSPS) is 15.5. The molecule has 13 heteroatoms. The van der Waals surface area contributed by atoms with Crippen molar-refractivity contribution in [1.82, 2.24) is 15.5 Å². The smallest absolute Gasteiger partial charge is 0.255 e. The molecule has 45 heavy (non-hydrogen) atoms. The highest BCUT2D eigenvalue weighted by molar-refractivity contribution is 6.01. The number of nitrogens with one attached hydrogen (secondary N) is 2. The molecule has 238 valence electrons. The summed E-state index contributed by atoms with van der Waals surface area (Å²) in [6.07, 6.45) is 0.755. The van der Waals surface area contributed by atoms with E-state index in [0.29, 0.717) is 31.4 Å². The number of aromatic hydroxyl groups is 5. The number of amides is 3. The van der Waals surface area contributed by atoms with E-state index in [0.717, 1.165) is 0 Å². The third kappa shape index (κ3) is 7.93. The highest BCUT2D eigenvalue weighted by atomic mass is 16.5. The summed E-state index contributed by atoms with van der Waals surface area (Å²) < 4.78 is 5.82. The standard InChI is InChI=1S/C32H36N4O9/c1-19-26(35-31(45-19)20-9-2-3-12-23(20)37)32(44)36(18-8-16-34-30(43)22-11-7-14-25(39)28(22)41)17-5-4-15-33-29(42)21-10-6-13-24(38)27(21)40/h2-3,6-7,9-14,19,26,37-41H,4-5,8,15-18H2,1H3,(H,33,42)(H,34,43)/t19-,26+/m0/s1. The van der Waals surface area contributed by atoms with Crippen LogP contribution in [0.5, 0.6) is 28.7 Å². The van der Waals surface area contributed by atoms with Gasteiger partial charge in [-0.2, -0.15) is 0 Å². The van der Waals surface area contributed by atoms with Crippen LogP contribution in [0.2, 0.25) is 0 Å². The maximum Gasteiger partial charge on any atom is 0.255 e. The fraction of sp³-hybridized carbons (Fsp3) is 0.312. The number of carbonyl (C=O) groups excluding carboxylic acids is 3. The minimum atomic E-state index is -0.869. The fourth-order valence-electron chi connectivity index (χ4n) is 4.79. The number of carbonyl (C=O) groups is 3. The average molecular weight is 621 g/mol. The van der Waals surface area contributed by atoms with Crippen LogP contribution in [0.15, 0.2) is 65.7 Å². The largest absolute Gasteiger partial charge is 0.507 e. The van der Waals surface area contributed by atoms with E-state index in [1.54, 1.807) is 30.0 Å². The van der Waals surface area contributed by atoms with Gasteiger partial charge in [-0.05, 0) is 62.6 Å². The van der Waals surface area contributed by atoms with Gasteiger partial charge in [0.1, 0.15) is 11.9 Å². The van der Waals surface area contributed by atoms with Crippen molar-refractivity contribution in [2.45, 2.75) is 38.3 Å². The summed E-state index contributed by atoms with van der Waals surface area (Å²) in [7, 11) is 0. The summed E-state index contributed by atoms with van der Waals surface area (Å²) in [5.41, 5.74) is 0.242. The lowest BCUT2D eigenvalue weighted by Crippen LogP contribution is -2.43. The van der Waals surface area contributed by atoms with Gasteiger partial charge < -0.3 is 45.8 Å². The number of para-hydroxylation sites is 3. The molecule has 0 aromatic heterocycles. The molecular formula is C32H36N4O9. The number of aliphatic imine (C=N–C) groups is 1. The molecule has 0 bridgehead atoms. The third-order valence-corrected chi connectivity index (χ3v) is 7.25. The van der Waals surface area contributed by atoms with Crippen molar-refractivity contribution >= 4 is 23.6 Å². The lowest BCUT2D eigenvalue weighted by atomic mass is 10.1. The number of rotatable bonds is 13. The van der Waals surface area contributed by atoms with E-state index in [-0.39, 0.29) is 48.3 Å². The van der Waals surface area contributed by atoms with Gasteiger partial charge in [-0.3, -0.25) is 14.4 Å². The van der Waals surface area contributed by atoms with Crippen molar-refractivity contribution in [3.05, 3.63) is 77.4 Å². The Kier molecular flexibility index (Phi) is 10.7. The molecule has 1 heterocycles. The summed E-state index contributed by atoms with van der Waals surface area (Å²) >= 11 is 0. The predicted octanol–water partition coefficient (Wildman–Crippen LogP) is 2.61. The molecule has 13 nitrogen and oxygen atoms in total. The van der Waals surface area contributed by atoms with Crippen LogP contribution in [0.25, 0.3) is 0 Å². The van der Waals surface area contributed by atoms with Gasteiger partial charge in [-0.15, -0.1) is 0 Å². The van der Waals surface area contributed by atoms with E-state index in [4.69, 9.17) is 4.74 Å². The van der Waals surface area contributed by atoms with Crippen molar-refractivity contribution in [2.75, 3.05) is 26.2 Å². The first-order valence-corrected chi connectivity index (χ1v) is 14.5. The van der Waals surface area contributed by atoms with Gasteiger partial charge in [0.2, 0.25) is 5.90 Å². The van der Waals surface area contributed by atoms with Crippen molar-refractivity contribution in [3.63, 3.8) is 0 Å². The molecule has 0 aliphatic carbocycles. The summed E-state index contributed by atoms with van der Waals surface area (Å²) in [4.78, 5) is 44.7. The fourth-order valence-corrected chi connectivity index (χ4v) is 4.79. The maximum absolute atomic E-state index is 13.7. The number of phenols is 5. The molecule has 0 saturated carbocycles. The van der Waals surface area contributed by atoms with Gasteiger partial charge >= 0.3 is 0 Å². The summed E-state index contributed by atoms with van der Waals surface area (Å²) in [6, 6.07) is 13.8. The molecule has 0 radical (unpaired) electrons. The Morgan fingerprint density at radius 1 is 0.733 bits per heavy atom. The summed E-state index contributed by atoms with van der Waals surface area (Å²) in [5.74, 6) is -3.13. The molecule has 1 aliphatic rings. The first kappa shape index (κ1) is 32.5. The molecule has 0 unspecified atom stereocenters. The molecule has 0 saturated heterocycles. The van der Waals surface area contributed by atoms with Gasteiger partial charge in [-0.1, -0.05) is 24.3 Å². The minimum absolute atomic E-state index is 0.0250. The first-order chi connectivity index (χ1) is 21.6. The highest BCUT2D eigenvalue weighted by Crippen LogP contribution is 2.29. The van der Waals surface area contributed by atoms with Crippen molar-refractivity contribution < 1.29 is 44.7 Å². The van der Waals surface area contributed by atoms with Gasteiger partial charge in [0.05, 0.1) is 16.7 Å². The lowest BCUT2D eigenvalue weighted by molar-refractivity contribution is -0.134. The predicted molar refractivity (Wildman–Crippen MR) is 164 cm³/mol. The summed E-state index contributed by atoms with van der Waals surface area (Å²) in [6.45, 7) is 2.69. The van der Waals surface area contributed by atoms with Gasteiger partial charge in [-0.25, -0.2) is 4.99 Å². The van der Waals surface area contributed by atoms with E-state index < -0.39 is 47.0 Å². The van der Waals surface area contributed by atoms with Crippen LogP contribution in [0.3, 0.4) is 0 Å². The van der Waals surface area contributed by atoms with E-state index in [1.807, 2.05) is 0 Å². The van der Waals surface area contributed by atoms with Crippen LogP contribution >= 0.6 is 0 Å². The number of nitrogens with zero attached hydrogens (tertiary/aromatic N) is 2. The molecule has 3 aromatic carbocycles. The zero-order chi connectivity index (χ0) is 32.5. The SMILES string of the molecule is C[C@@H]1OC(c2ccccc2O)=N[C@H]1C(=O)N(CCCCNC(=O)c1cccc(O)c1O)CCCNC(=O)c1cccc(O)c1O. The molecule has 3 amide bonds. The van der Waals surface area contributed by atoms with Crippen LogP contribution in [0.1, 0.15) is 52.5 Å². The molecule has 4 rings (SSSR count). The molecule has 1 aliphatic heterocycles. The molecule has 7 N–H and O–H groups in total. The molecule has 3 aromatic rings. The number of hydrogen-bond donors (Lipinski definition) is 7. The topological polar surface area (TPSA) is 201 Å². The van der Waals surface area contributed by atoms with Gasteiger partial charge in [0.25, 0.3) is 17.7 Å². The Balaban J connectivity index is 1.37. The quantitative estimate of drug-likeness (QED) is 0.111. The van der Waals surface area contributed by atoms with E-state index in [1.165, 1.54) is 42.5 Å². The van der Waals surface area contributed by atoms with Crippen LogP contribution < -0.4 is 10.6 Å². The number of unbranched alkanes of at least 4 members (excludes halogenated alkanes) is 1.